The first-order valence-electron chi connectivity index (χ1n) is 5.70. The first-order chi connectivity index (χ1) is 8.08. The summed E-state index contributed by atoms with van der Waals surface area (Å²) in [4.78, 5) is 24.4. The number of rotatable bonds is 6. The summed E-state index contributed by atoms with van der Waals surface area (Å²) in [6.45, 7) is 3.91. The Morgan fingerprint density at radius 2 is 2.12 bits per heavy atom. The van der Waals surface area contributed by atoms with Crippen molar-refractivity contribution >= 4 is 23.2 Å². The van der Waals surface area contributed by atoms with Crippen LogP contribution in [-0.4, -0.2) is 23.0 Å². The van der Waals surface area contributed by atoms with Crippen molar-refractivity contribution in [2.75, 3.05) is 0 Å². The number of hydrogen-bond acceptors (Lipinski definition) is 3. The van der Waals surface area contributed by atoms with Crippen molar-refractivity contribution < 1.29 is 14.7 Å². The van der Waals surface area contributed by atoms with Crippen molar-refractivity contribution in [3.05, 3.63) is 21.9 Å². The number of carbonyl (C=O) groups is 2. The minimum Gasteiger partial charge on any atom is -0.480 e. The smallest absolute Gasteiger partial charge is 0.326 e. The molecule has 2 N–H and O–H groups in total. The minimum atomic E-state index is -0.979. The van der Waals surface area contributed by atoms with Crippen LogP contribution in [0.2, 0.25) is 0 Å². The Morgan fingerprint density at radius 1 is 1.41 bits per heavy atom. The molecule has 0 aliphatic carbocycles. The van der Waals surface area contributed by atoms with Gasteiger partial charge in [0, 0.05) is 4.88 Å². The molecule has 4 nitrogen and oxygen atoms in total. The maximum absolute atomic E-state index is 11.8. The number of hydrogen-bond donors (Lipinski definition) is 2. The van der Waals surface area contributed by atoms with Crippen molar-refractivity contribution in [1.82, 2.24) is 5.32 Å². The third-order valence-electron chi connectivity index (χ3n) is 2.41. The highest BCUT2D eigenvalue weighted by molar-refractivity contribution is 7.14. The Hall–Kier alpha value is -1.36. The Bertz CT molecular complexity index is 400. The predicted octanol–water partition coefficient (Wildman–Crippen LogP) is 2.29. The second-order valence-electron chi connectivity index (χ2n) is 3.77. The summed E-state index contributed by atoms with van der Waals surface area (Å²) in [5.74, 6) is -1.27. The van der Waals surface area contributed by atoms with E-state index in [-0.39, 0.29) is 5.91 Å². The minimum absolute atomic E-state index is 0.296. The van der Waals surface area contributed by atoms with Crippen LogP contribution in [0.1, 0.15) is 41.2 Å². The molecule has 0 spiro atoms. The van der Waals surface area contributed by atoms with Gasteiger partial charge in [-0.1, -0.05) is 20.3 Å². The van der Waals surface area contributed by atoms with Crippen LogP contribution in [0.3, 0.4) is 0 Å². The zero-order valence-corrected chi connectivity index (χ0v) is 10.8. The van der Waals surface area contributed by atoms with Gasteiger partial charge in [0.05, 0.1) is 4.88 Å². The number of carboxylic acid groups (broad SMARTS) is 1. The molecule has 0 fully saturated rings. The third kappa shape index (κ3) is 3.85. The van der Waals surface area contributed by atoms with E-state index < -0.39 is 12.0 Å². The lowest BCUT2D eigenvalue weighted by atomic mass is 10.1. The van der Waals surface area contributed by atoms with E-state index in [1.165, 1.54) is 11.3 Å². The van der Waals surface area contributed by atoms with Gasteiger partial charge < -0.3 is 10.4 Å². The zero-order chi connectivity index (χ0) is 12.8. The lowest BCUT2D eigenvalue weighted by Gasteiger charge is -2.12. The molecule has 0 radical (unpaired) electrons. The summed E-state index contributed by atoms with van der Waals surface area (Å²) < 4.78 is 0. The molecule has 1 amide bonds. The molecule has 1 atom stereocenters. The third-order valence-corrected chi connectivity index (χ3v) is 3.64. The van der Waals surface area contributed by atoms with E-state index in [1.54, 1.807) is 6.07 Å². The van der Waals surface area contributed by atoms with E-state index >= 15 is 0 Å². The fraction of sp³-hybridized carbons (Fsp3) is 0.500. The van der Waals surface area contributed by atoms with E-state index in [0.717, 1.165) is 17.7 Å². The molecule has 0 aromatic carbocycles. The fourth-order valence-electron chi connectivity index (χ4n) is 1.47. The SMILES string of the molecule is CCCC(NC(=O)c1ccc(CC)s1)C(=O)O. The quantitative estimate of drug-likeness (QED) is 0.819. The number of carboxylic acids is 1. The van der Waals surface area contributed by atoms with Crippen LogP contribution in [0.25, 0.3) is 0 Å². The van der Waals surface area contributed by atoms with Crippen LogP contribution in [-0.2, 0) is 11.2 Å². The van der Waals surface area contributed by atoms with Gasteiger partial charge >= 0.3 is 5.97 Å². The van der Waals surface area contributed by atoms with E-state index in [9.17, 15) is 9.59 Å². The van der Waals surface area contributed by atoms with E-state index in [1.807, 2.05) is 19.9 Å². The van der Waals surface area contributed by atoms with Crippen molar-refractivity contribution in [2.24, 2.45) is 0 Å². The zero-order valence-electron chi connectivity index (χ0n) is 10.0. The number of aliphatic carboxylic acids is 1. The molecule has 94 valence electrons. The molecule has 0 aliphatic rings. The van der Waals surface area contributed by atoms with Crippen LogP contribution < -0.4 is 5.32 Å². The highest BCUT2D eigenvalue weighted by Crippen LogP contribution is 2.17. The Kier molecular flexibility index (Phi) is 5.15. The maximum atomic E-state index is 11.8. The molecular weight excluding hydrogens is 238 g/mol. The van der Waals surface area contributed by atoms with Crippen LogP contribution in [0.4, 0.5) is 0 Å². The summed E-state index contributed by atoms with van der Waals surface area (Å²) >= 11 is 1.41. The van der Waals surface area contributed by atoms with Gasteiger partial charge in [0.25, 0.3) is 5.91 Å². The molecule has 1 aromatic rings. The van der Waals surface area contributed by atoms with Crippen LogP contribution in [0.5, 0.6) is 0 Å². The van der Waals surface area contributed by atoms with Gasteiger partial charge in [-0.2, -0.15) is 0 Å². The average Bonchev–Trinajstić information content (AvgIpc) is 2.76. The number of nitrogens with one attached hydrogen (secondary N) is 1. The Morgan fingerprint density at radius 3 is 2.59 bits per heavy atom. The average molecular weight is 255 g/mol. The summed E-state index contributed by atoms with van der Waals surface area (Å²) in [5, 5.41) is 11.5. The summed E-state index contributed by atoms with van der Waals surface area (Å²) in [5.41, 5.74) is 0. The molecule has 1 rings (SSSR count). The largest absolute Gasteiger partial charge is 0.480 e. The molecule has 0 aliphatic heterocycles. The second-order valence-corrected chi connectivity index (χ2v) is 4.94. The lowest BCUT2D eigenvalue weighted by molar-refractivity contribution is -0.139. The maximum Gasteiger partial charge on any atom is 0.326 e. The highest BCUT2D eigenvalue weighted by atomic mass is 32.1. The summed E-state index contributed by atoms with van der Waals surface area (Å²) in [7, 11) is 0. The molecule has 0 bridgehead atoms. The summed E-state index contributed by atoms with van der Waals surface area (Å²) in [6, 6.07) is 2.85. The molecule has 0 saturated carbocycles. The van der Waals surface area contributed by atoms with E-state index in [4.69, 9.17) is 5.11 Å². The van der Waals surface area contributed by atoms with Crippen molar-refractivity contribution in [3.8, 4) is 0 Å². The van der Waals surface area contributed by atoms with E-state index in [0.29, 0.717) is 11.3 Å². The van der Waals surface area contributed by atoms with Gasteiger partial charge in [-0.3, -0.25) is 4.79 Å². The molecule has 17 heavy (non-hydrogen) atoms. The highest BCUT2D eigenvalue weighted by Gasteiger charge is 2.20. The number of carbonyl (C=O) groups excluding carboxylic acids is 1. The summed E-state index contributed by atoms with van der Waals surface area (Å²) in [6.07, 6.45) is 2.06. The van der Waals surface area contributed by atoms with E-state index in [2.05, 4.69) is 5.32 Å². The van der Waals surface area contributed by atoms with Crippen molar-refractivity contribution in [3.63, 3.8) is 0 Å². The fourth-order valence-corrected chi connectivity index (χ4v) is 2.32. The van der Waals surface area contributed by atoms with Gasteiger partial charge in [0.2, 0.25) is 0 Å². The first kappa shape index (κ1) is 13.7. The van der Waals surface area contributed by atoms with Crippen LogP contribution in [0.15, 0.2) is 12.1 Å². The van der Waals surface area contributed by atoms with Gasteiger partial charge in [0.1, 0.15) is 6.04 Å². The molecule has 0 saturated heterocycles. The van der Waals surface area contributed by atoms with Crippen molar-refractivity contribution in [2.45, 2.75) is 39.2 Å². The Labute approximate surface area is 105 Å². The van der Waals surface area contributed by atoms with Crippen molar-refractivity contribution in [1.29, 1.82) is 0 Å². The number of thiophene rings is 1. The molecule has 5 heteroatoms. The van der Waals surface area contributed by atoms with Gasteiger partial charge in [-0.25, -0.2) is 4.79 Å². The molecule has 1 unspecified atom stereocenters. The van der Waals surface area contributed by atoms with Crippen LogP contribution >= 0.6 is 11.3 Å². The lowest BCUT2D eigenvalue weighted by Crippen LogP contribution is -2.40. The number of aryl methyl sites for hydroxylation is 1. The predicted molar refractivity (Wildman–Crippen MR) is 67.5 cm³/mol. The molecule has 1 heterocycles. The monoisotopic (exact) mass is 255 g/mol. The molecular formula is C12H17NO3S. The standard InChI is InChI=1S/C12H17NO3S/c1-3-5-9(12(15)16)13-11(14)10-7-6-8(4-2)17-10/h6-7,9H,3-5H2,1-2H3,(H,13,14)(H,15,16). The van der Waals surface area contributed by atoms with Crippen LogP contribution in [0, 0.1) is 0 Å². The molecule has 1 aromatic heterocycles. The first-order valence-corrected chi connectivity index (χ1v) is 6.52. The Balaban J connectivity index is 2.66. The van der Waals surface area contributed by atoms with Gasteiger partial charge in [-0.15, -0.1) is 11.3 Å². The normalized spacial score (nSPS) is 12.1. The topological polar surface area (TPSA) is 66.4 Å². The van der Waals surface area contributed by atoms with Gasteiger partial charge in [0.15, 0.2) is 0 Å². The second kappa shape index (κ2) is 6.39. The number of amides is 1. The van der Waals surface area contributed by atoms with Gasteiger partial charge in [-0.05, 0) is 25.0 Å².